The first-order valence-electron chi connectivity index (χ1n) is 12.8. The van der Waals surface area contributed by atoms with Crippen LogP contribution in [0, 0.1) is 11.6 Å². The van der Waals surface area contributed by atoms with Crippen LogP contribution in [0.2, 0.25) is 0 Å². The molecule has 0 spiro atoms. The third-order valence-electron chi connectivity index (χ3n) is 8.19. The van der Waals surface area contributed by atoms with Crippen molar-refractivity contribution >= 4 is 11.6 Å². The highest BCUT2D eigenvalue weighted by molar-refractivity contribution is 5.96. The number of para-hydroxylation sites is 1. The molecule has 11 heteroatoms. The van der Waals surface area contributed by atoms with Gasteiger partial charge in [-0.25, -0.2) is 8.78 Å². The molecule has 2 aromatic carbocycles. The quantitative estimate of drug-likeness (QED) is 0.512. The molecule has 0 radical (unpaired) electrons. The molecule has 2 atom stereocenters. The molecule has 1 N–H and O–H groups in total. The normalized spacial score (nSPS) is 22.8. The summed E-state index contributed by atoms with van der Waals surface area (Å²) in [6, 6.07) is 8.68. The molecule has 1 fully saturated rings. The first kappa shape index (κ1) is 24.0. The van der Waals surface area contributed by atoms with Crippen LogP contribution in [0.15, 0.2) is 47.4 Å². The van der Waals surface area contributed by atoms with Crippen molar-refractivity contribution in [2.75, 3.05) is 36.3 Å². The van der Waals surface area contributed by atoms with Crippen molar-refractivity contribution in [3.8, 4) is 11.5 Å². The van der Waals surface area contributed by atoms with Gasteiger partial charge in [0.2, 0.25) is 5.43 Å². The molecule has 0 unspecified atom stereocenters. The molecule has 4 aliphatic rings. The second kappa shape index (κ2) is 8.19. The highest BCUT2D eigenvalue weighted by atomic mass is 19.2. The van der Waals surface area contributed by atoms with Crippen molar-refractivity contribution in [3.05, 3.63) is 86.8 Å². The number of aromatic nitrogens is 1. The van der Waals surface area contributed by atoms with Gasteiger partial charge in [-0.05, 0) is 31.5 Å². The fourth-order valence-electron chi connectivity index (χ4n) is 6.26. The zero-order valence-corrected chi connectivity index (χ0v) is 21.4. The van der Waals surface area contributed by atoms with Gasteiger partial charge in [-0.3, -0.25) is 19.3 Å². The number of pyridine rings is 1. The van der Waals surface area contributed by atoms with Crippen molar-refractivity contribution in [1.29, 1.82) is 0 Å². The van der Waals surface area contributed by atoms with Crippen LogP contribution in [0.1, 0.15) is 47.1 Å². The van der Waals surface area contributed by atoms with E-state index in [0.29, 0.717) is 17.9 Å². The van der Waals surface area contributed by atoms with Crippen molar-refractivity contribution in [2.24, 2.45) is 0 Å². The number of carbonyl (C=O) groups excluding carboxylic acids is 1. The Morgan fingerprint density at radius 3 is 2.72 bits per heavy atom. The Kier molecular flexibility index (Phi) is 5.03. The topological polar surface area (TPSA) is 87.5 Å². The zero-order valence-electron chi connectivity index (χ0n) is 21.4. The Labute approximate surface area is 222 Å². The molecule has 9 nitrogen and oxygen atoms in total. The van der Waals surface area contributed by atoms with Crippen LogP contribution in [0.3, 0.4) is 0 Å². The van der Waals surface area contributed by atoms with E-state index < -0.39 is 46.5 Å². The zero-order chi connectivity index (χ0) is 27.2. The first-order valence-corrected chi connectivity index (χ1v) is 12.8. The van der Waals surface area contributed by atoms with Gasteiger partial charge >= 0.3 is 0 Å². The molecule has 39 heavy (non-hydrogen) atoms. The Hall–Kier alpha value is -4.12. The summed E-state index contributed by atoms with van der Waals surface area (Å²) in [6.07, 6.45) is 0.769. The number of benzene rings is 2. The van der Waals surface area contributed by atoms with Gasteiger partial charge in [-0.1, -0.05) is 18.2 Å². The predicted molar refractivity (Wildman–Crippen MR) is 137 cm³/mol. The lowest BCUT2D eigenvalue weighted by molar-refractivity contribution is -0.0197. The molecule has 0 aliphatic carbocycles. The van der Waals surface area contributed by atoms with Gasteiger partial charge in [0.05, 0.1) is 24.4 Å². The van der Waals surface area contributed by atoms with Gasteiger partial charge in [-0.15, -0.1) is 0 Å². The van der Waals surface area contributed by atoms with Crippen molar-refractivity contribution in [2.45, 2.75) is 38.1 Å². The Morgan fingerprint density at radius 1 is 1.08 bits per heavy atom. The molecule has 1 saturated heterocycles. The number of ether oxygens (including phenoxy) is 2. The number of anilines is 1. The van der Waals surface area contributed by atoms with Crippen LogP contribution < -0.4 is 20.1 Å². The molecule has 0 bridgehead atoms. The smallest absolute Gasteiger partial charge is 0.278 e. The van der Waals surface area contributed by atoms with E-state index in [1.165, 1.54) is 16.9 Å². The molecular formula is C28H26F2N4O5. The number of aromatic hydroxyl groups is 1. The molecule has 202 valence electrons. The number of fused-ring (bicyclic) bond motifs is 3. The van der Waals surface area contributed by atoms with E-state index in [-0.39, 0.29) is 37.6 Å². The fraction of sp³-hybridized carbons (Fsp3) is 0.357. The van der Waals surface area contributed by atoms with Crippen molar-refractivity contribution < 1.29 is 28.2 Å². The monoisotopic (exact) mass is 536 g/mol. The lowest BCUT2D eigenvalue weighted by Crippen LogP contribution is -2.66. The van der Waals surface area contributed by atoms with Gasteiger partial charge in [0.1, 0.15) is 24.6 Å². The number of halogens is 2. The molecule has 5 heterocycles. The highest BCUT2D eigenvalue weighted by Crippen LogP contribution is 2.50. The van der Waals surface area contributed by atoms with Crippen LogP contribution in [-0.4, -0.2) is 58.7 Å². The van der Waals surface area contributed by atoms with Gasteiger partial charge < -0.3 is 24.4 Å². The van der Waals surface area contributed by atoms with Crippen LogP contribution in [-0.2, 0) is 11.3 Å². The first-order chi connectivity index (χ1) is 18.7. The Bertz CT molecular complexity index is 1610. The predicted octanol–water partition coefficient (Wildman–Crippen LogP) is 2.86. The second-order valence-corrected chi connectivity index (χ2v) is 10.9. The van der Waals surface area contributed by atoms with Crippen molar-refractivity contribution in [3.63, 3.8) is 0 Å². The van der Waals surface area contributed by atoms with E-state index >= 15 is 4.39 Å². The van der Waals surface area contributed by atoms with Gasteiger partial charge in [0, 0.05) is 36.5 Å². The summed E-state index contributed by atoms with van der Waals surface area (Å²) in [7, 11) is 0. The van der Waals surface area contributed by atoms with Gasteiger partial charge in [0.15, 0.2) is 23.1 Å². The number of morpholine rings is 1. The third kappa shape index (κ3) is 3.25. The van der Waals surface area contributed by atoms with E-state index in [1.54, 1.807) is 11.0 Å². The average Bonchev–Trinajstić information content (AvgIpc) is 3.07. The summed E-state index contributed by atoms with van der Waals surface area (Å²) in [5, 5.41) is 12.6. The third-order valence-corrected chi connectivity index (χ3v) is 8.19. The Morgan fingerprint density at radius 2 is 1.90 bits per heavy atom. The van der Waals surface area contributed by atoms with E-state index in [9.17, 15) is 19.1 Å². The van der Waals surface area contributed by atoms with Crippen LogP contribution >= 0.6 is 0 Å². The van der Waals surface area contributed by atoms with Crippen LogP contribution in [0.5, 0.6) is 11.5 Å². The molecule has 7 rings (SSSR count). The number of hydrogen-bond donors (Lipinski definition) is 1. The summed E-state index contributed by atoms with van der Waals surface area (Å²) >= 11 is 0. The van der Waals surface area contributed by atoms with Crippen molar-refractivity contribution in [1.82, 2.24) is 9.58 Å². The summed E-state index contributed by atoms with van der Waals surface area (Å²) in [5.74, 6) is -2.46. The Balaban J connectivity index is 1.57. The van der Waals surface area contributed by atoms with Crippen LogP contribution in [0.4, 0.5) is 14.5 Å². The standard InChI is InChI=1S/C28H26F2N4O5/c1-28(2)14-39-20-5-3-4-16-23(15-6-7-18(29)22(30)17(15)12-32(28)24(16)20)34-21-13-38-11-10-31(21)27(37)25-26(36)19(35)8-9-33(25)34/h3-9,21,23,36H,10-14H2,1-2H3/t21-,23+/m1/s1. The number of carbonyl (C=O) groups is 1. The minimum Gasteiger partial charge on any atom is -0.502 e. The van der Waals surface area contributed by atoms with Gasteiger partial charge in [-0.2, -0.15) is 0 Å². The number of amides is 1. The molecular weight excluding hydrogens is 510 g/mol. The highest BCUT2D eigenvalue weighted by Gasteiger charge is 2.48. The summed E-state index contributed by atoms with van der Waals surface area (Å²) in [6.45, 7) is 5.06. The maximum Gasteiger partial charge on any atom is 0.278 e. The molecule has 1 aromatic heterocycles. The van der Waals surface area contributed by atoms with E-state index in [0.717, 1.165) is 17.3 Å². The second-order valence-electron chi connectivity index (χ2n) is 10.9. The maximum absolute atomic E-state index is 15.7. The molecule has 3 aromatic rings. The SMILES string of the molecule is CC1(C)COc2cccc3c2N1Cc1c(ccc(F)c1F)[C@@H]3N1[C@@H]2COCCN2C(=O)c2c(O)c(=O)ccn21. The molecule has 4 aliphatic heterocycles. The molecule has 1 amide bonds. The number of rotatable bonds is 1. The maximum atomic E-state index is 15.7. The van der Waals surface area contributed by atoms with E-state index in [2.05, 4.69) is 0 Å². The van der Waals surface area contributed by atoms with E-state index in [1.807, 2.05) is 42.0 Å². The summed E-state index contributed by atoms with van der Waals surface area (Å²) in [4.78, 5) is 29.6. The summed E-state index contributed by atoms with van der Waals surface area (Å²) in [5.41, 5.74) is 0.741. The van der Waals surface area contributed by atoms with E-state index in [4.69, 9.17) is 9.47 Å². The fourth-order valence-corrected chi connectivity index (χ4v) is 6.26. The summed E-state index contributed by atoms with van der Waals surface area (Å²) < 4.78 is 43.8. The largest absolute Gasteiger partial charge is 0.502 e. The number of hydrogen-bond acceptors (Lipinski definition) is 7. The lowest BCUT2D eigenvalue weighted by Gasteiger charge is -2.51. The molecule has 0 saturated carbocycles. The van der Waals surface area contributed by atoms with Crippen LogP contribution in [0.25, 0.3) is 0 Å². The average molecular weight is 537 g/mol. The minimum absolute atomic E-state index is 0.0930. The number of nitrogens with zero attached hydrogens (tertiary/aromatic N) is 4. The minimum atomic E-state index is -0.956. The van der Waals surface area contributed by atoms with Gasteiger partial charge in [0.25, 0.3) is 5.91 Å². The lowest BCUT2D eigenvalue weighted by atomic mass is 9.92.